The SMILES string of the molecule is C=C(C)C(=O)C(OCC)C1CCCCC1. The minimum Gasteiger partial charge on any atom is -0.370 e. The van der Waals surface area contributed by atoms with Crippen molar-refractivity contribution in [3.8, 4) is 0 Å². The lowest BCUT2D eigenvalue weighted by molar-refractivity contribution is -0.130. The van der Waals surface area contributed by atoms with Crippen LogP contribution in [0.4, 0.5) is 0 Å². The van der Waals surface area contributed by atoms with E-state index >= 15 is 0 Å². The molecule has 86 valence electrons. The normalized spacial score (nSPS) is 19.9. The van der Waals surface area contributed by atoms with Crippen molar-refractivity contribution in [2.24, 2.45) is 5.92 Å². The molecule has 2 nitrogen and oxygen atoms in total. The van der Waals surface area contributed by atoms with Gasteiger partial charge in [-0.25, -0.2) is 0 Å². The molecular formula is C13H22O2. The molecular weight excluding hydrogens is 188 g/mol. The maximum Gasteiger partial charge on any atom is 0.186 e. The maximum atomic E-state index is 11.9. The van der Waals surface area contributed by atoms with E-state index in [-0.39, 0.29) is 11.9 Å². The van der Waals surface area contributed by atoms with Crippen LogP contribution in [0.5, 0.6) is 0 Å². The monoisotopic (exact) mass is 210 g/mol. The highest BCUT2D eigenvalue weighted by atomic mass is 16.5. The quantitative estimate of drug-likeness (QED) is 0.652. The van der Waals surface area contributed by atoms with Crippen molar-refractivity contribution in [1.29, 1.82) is 0 Å². The summed E-state index contributed by atoms with van der Waals surface area (Å²) in [7, 11) is 0. The van der Waals surface area contributed by atoms with Crippen LogP contribution in [-0.2, 0) is 9.53 Å². The number of ketones is 1. The number of hydrogen-bond acceptors (Lipinski definition) is 2. The van der Waals surface area contributed by atoms with Crippen molar-refractivity contribution in [3.63, 3.8) is 0 Å². The van der Waals surface area contributed by atoms with E-state index in [4.69, 9.17) is 4.74 Å². The predicted octanol–water partition coefficient (Wildman–Crippen LogP) is 3.12. The summed E-state index contributed by atoms with van der Waals surface area (Å²) in [5, 5.41) is 0. The molecule has 2 heteroatoms. The van der Waals surface area contributed by atoms with E-state index in [1.165, 1.54) is 19.3 Å². The molecule has 1 rings (SSSR count). The fourth-order valence-electron chi connectivity index (χ4n) is 2.29. The number of carbonyl (C=O) groups excluding carboxylic acids is 1. The molecule has 0 amide bonds. The Kier molecular flexibility index (Phi) is 5.03. The maximum absolute atomic E-state index is 11.9. The van der Waals surface area contributed by atoms with Crippen LogP contribution in [0, 0.1) is 5.92 Å². The summed E-state index contributed by atoms with van der Waals surface area (Å²) in [4.78, 5) is 11.9. The highest BCUT2D eigenvalue weighted by molar-refractivity contribution is 5.97. The zero-order valence-corrected chi connectivity index (χ0v) is 9.92. The third kappa shape index (κ3) is 3.45. The first-order valence-corrected chi connectivity index (χ1v) is 5.98. The number of carbonyl (C=O) groups is 1. The first kappa shape index (κ1) is 12.4. The number of rotatable bonds is 5. The molecule has 0 saturated heterocycles. The van der Waals surface area contributed by atoms with Gasteiger partial charge in [-0.15, -0.1) is 0 Å². The summed E-state index contributed by atoms with van der Waals surface area (Å²) in [5.74, 6) is 0.520. The summed E-state index contributed by atoms with van der Waals surface area (Å²) in [6.45, 7) is 8.06. The molecule has 0 N–H and O–H groups in total. The van der Waals surface area contributed by atoms with Gasteiger partial charge in [0.15, 0.2) is 5.78 Å². The first-order valence-electron chi connectivity index (χ1n) is 5.98. The van der Waals surface area contributed by atoms with Gasteiger partial charge in [0.1, 0.15) is 6.10 Å². The van der Waals surface area contributed by atoms with E-state index in [0.717, 1.165) is 12.8 Å². The highest BCUT2D eigenvalue weighted by Crippen LogP contribution is 2.29. The summed E-state index contributed by atoms with van der Waals surface area (Å²) >= 11 is 0. The zero-order valence-electron chi connectivity index (χ0n) is 9.92. The van der Waals surface area contributed by atoms with E-state index in [1.807, 2.05) is 6.92 Å². The van der Waals surface area contributed by atoms with Gasteiger partial charge < -0.3 is 4.74 Å². The van der Waals surface area contributed by atoms with Crippen LogP contribution in [0.25, 0.3) is 0 Å². The van der Waals surface area contributed by atoms with E-state index in [1.54, 1.807) is 6.92 Å². The largest absolute Gasteiger partial charge is 0.370 e. The van der Waals surface area contributed by atoms with Crippen LogP contribution in [-0.4, -0.2) is 18.5 Å². The number of hydrogen-bond donors (Lipinski definition) is 0. The molecule has 0 aliphatic heterocycles. The molecule has 0 aromatic carbocycles. The Morgan fingerprint density at radius 3 is 2.47 bits per heavy atom. The summed E-state index contributed by atoms with van der Waals surface area (Å²) in [5.41, 5.74) is 0.624. The van der Waals surface area contributed by atoms with Crippen molar-refractivity contribution in [3.05, 3.63) is 12.2 Å². The van der Waals surface area contributed by atoms with Crippen LogP contribution in [0.15, 0.2) is 12.2 Å². The summed E-state index contributed by atoms with van der Waals surface area (Å²) in [6, 6.07) is 0. The molecule has 15 heavy (non-hydrogen) atoms. The standard InChI is InChI=1S/C13H22O2/c1-4-15-13(12(14)10(2)3)11-8-6-5-7-9-11/h11,13H,2,4-9H2,1,3H3. The van der Waals surface area contributed by atoms with E-state index in [0.29, 0.717) is 18.1 Å². The Labute approximate surface area is 92.7 Å². The molecule has 1 unspecified atom stereocenters. The summed E-state index contributed by atoms with van der Waals surface area (Å²) < 4.78 is 5.59. The number of Topliss-reactive ketones (excluding diaryl/α,β-unsaturated/α-hetero) is 1. The topological polar surface area (TPSA) is 26.3 Å². The lowest BCUT2D eigenvalue weighted by Gasteiger charge is -2.29. The Morgan fingerprint density at radius 2 is 2.00 bits per heavy atom. The van der Waals surface area contributed by atoms with Crippen molar-refractivity contribution >= 4 is 5.78 Å². The molecule has 0 radical (unpaired) electrons. The molecule has 1 aliphatic carbocycles. The van der Waals surface area contributed by atoms with Crippen molar-refractivity contribution in [2.75, 3.05) is 6.61 Å². The Hall–Kier alpha value is -0.630. The Bertz CT molecular complexity index is 227. The number of ether oxygens (including phenoxy) is 1. The van der Waals surface area contributed by atoms with Gasteiger partial charge in [-0.05, 0) is 38.2 Å². The van der Waals surface area contributed by atoms with Gasteiger partial charge in [-0.1, -0.05) is 25.8 Å². The van der Waals surface area contributed by atoms with E-state index in [2.05, 4.69) is 6.58 Å². The van der Waals surface area contributed by atoms with Crippen LogP contribution >= 0.6 is 0 Å². The third-order valence-corrected chi connectivity index (χ3v) is 3.10. The van der Waals surface area contributed by atoms with E-state index < -0.39 is 0 Å². The Morgan fingerprint density at radius 1 is 1.40 bits per heavy atom. The van der Waals surface area contributed by atoms with Gasteiger partial charge in [0, 0.05) is 6.61 Å². The first-order chi connectivity index (χ1) is 7.16. The van der Waals surface area contributed by atoms with Gasteiger partial charge in [0.2, 0.25) is 0 Å². The molecule has 1 saturated carbocycles. The van der Waals surface area contributed by atoms with Crippen molar-refractivity contribution < 1.29 is 9.53 Å². The minimum absolute atomic E-state index is 0.101. The lowest BCUT2D eigenvalue weighted by Crippen LogP contribution is -2.34. The Balaban J connectivity index is 2.62. The molecule has 0 bridgehead atoms. The molecule has 1 fully saturated rings. The molecule has 1 atom stereocenters. The fraction of sp³-hybridized carbons (Fsp3) is 0.769. The second kappa shape index (κ2) is 6.06. The molecule has 0 spiro atoms. The molecule has 0 aromatic heterocycles. The van der Waals surface area contributed by atoms with Gasteiger partial charge >= 0.3 is 0 Å². The second-order valence-corrected chi connectivity index (χ2v) is 4.42. The molecule has 1 aliphatic rings. The van der Waals surface area contributed by atoms with Crippen LogP contribution in [0.3, 0.4) is 0 Å². The zero-order chi connectivity index (χ0) is 11.3. The van der Waals surface area contributed by atoms with Crippen LogP contribution in [0.1, 0.15) is 46.0 Å². The third-order valence-electron chi connectivity index (χ3n) is 3.10. The fourth-order valence-corrected chi connectivity index (χ4v) is 2.29. The van der Waals surface area contributed by atoms with E-state index in [9.17, 15) is 4.79 Å². The van der Waals surface area contributed by atoms with Gasteiger partial charge in [-0.2, -0.15) is 0 Å². The van der Waals surface area contributed by atoms with Crippen molar-refractivity contribution in [2.45, 2.75) is 52.1 Å². The van der Waals surface area contributed by atoms with Crippen molar-refractivity contribution in [1.82, 2.24) is 0 Å². The van der Waals surface area contributed by atoms with Gasteiger partial charge in [0.05, 0.1) is 0 Å². The minimum atomic E-state index is -0.229. The molecule has 0 heterocycles. The smallest absolute Gasteiger partial charge is 0.186 e. The average Bonchev–Trinajstić information content (AvgIpc) is 2.26. The second-order valence-electron chi connectivity index (χ2n) is 4.42. The predicted molar refractivity (Wildman–Crippen MR) is 61.8 cm³/mol. The lowest BCUT2D eigenvalue weighted by atomic mass is 9.82. The summed E-state index contributed by atoms with van der Waals surface area (Å²) in [6.07, 6.45) is 5.80. The van der Waals surface area contributed by atoms with Crippen LogP contribution < -0.4 is 0 Å². The van der Waals surface area contributed by atoms with Crippen LogP contribution in [0.2, 0.25) is 0 Å². The van der Waals surface area contributed by atoms with Gasteiger partial charge in [-0.3, -0.25) is 4.79 Å². The average molecular weight is 210 g/mol. The molecule has 0 aromatic rings. The highest BCUT2D eigenvalue weighted by Gasteiger charge is 2.29. The van der Waals surface area contributed by atoms with Gasteiger partial charge in [0.25, 0.3) is 0 Å².